The van der Waals surface area contributed by atoms with Gasteiger partial charge in [-0.2, -0.15) is 0 Å². The lowest BCUT2D eigenvalue weighted by Crippen LogP contribution is -1.97. The molecule has 104 valence electrons. The first-order valence-corrected chi connectivity index (χ1v) is 6.38. The van der Waals surface area contributed by atoms with Gasteiger partial charge in [0.05, 0.1) is 15.6 Å². The normalized spacial score (nSPS) is 10.2. The van der Waals surface area contributed by atoms with Crippen molar-refractivity contribution in [3.63, 3.8) is 0 Å². The van der Waals surface area contributed by atoms with Crippen molar-refractivity contribution in [2.45, 2.75) is 6.92 Å². The zero-order valence-corrected chi connectivity index (χ0v) is 11.9. The second kappa shape index (κ2) is 5.79. The van der Waals surface area contributed by atoms with E-state index in [1.165, 1.54) is 12.1 Å². The zero-order chi connectivity index (χ0) is 14.7. The first-order chi connectivity index (χ1) is 9.49. The van der Waals surface area contributed by atoms with Crippen molar-refractivity contribution in [3.05, 3.63) is 57.1 Å². The molecule has 0 unspecified atom stereocenters. The monoisotopic (exact) mass is 291 g/mol. The highest BCUT2D eigenvalue weighted by Gasteiger charge is 2.10. The summed E-state index contributed by atoms with van der Waals surface area (Å²) in [6, 6.07) is 10.3. The minimum atomic E-state index is -0.428. The zero-order valence-electron chi connectivity index (χ0n) is 11.1. The van der Waals surface area contributed by atoms with Gasteiger partial charge in [-0.05, 0) is 30.7 Å². The molecule has 0 spiro atoms. The first kappa shape index (κ1) is 14.1. The van der Waals surface area contributed by atoms with E-state index < -0.39 is 4.92 Å². The predicted molar refractivity (Wildman–Crippen MR) is 82.1 cm³/mol. The second-order valence-electron chi connectivity index (χ2n) is 4.38. The number of nitrogens with zero attached hydrogens (tertiary/aromatic N) is 1. The van der Waals surface area contributed by atoms with Gasteiger partial charge >= 0.3 is 0 Å². The van der Waals surface area contributed by atoms with Crippen molar-refractivity contribution < 1.29 is 4.92 Å². The Morgan fingerprint density at radius 1 is 1.15 bits per heavy atom. The van der Waals surface area contributed by atoms with Crippen LogP contribution in [-0.2, 0) is 0 Å². The van der Waals surface area contributed by atoms with Gasteiger partial charge in [-0.1, -0.05) is 17.7 Å². The fourth-order valence-corrected chi connectivity index (χ4v) is 2.09. The molecule has 0 saturated heterocycles. The van der Waals surface area contributed by atoms with Gasteiger partial charge in [0, 0.05) is 30.6 Å². The molecule has 0 atom stereocenters. The van der Waals surface area contributed by atoms with Crippen LogP contribution in [0.5, 0.6) is 0 Å². The summed E-state index contributed by atoms with van der Waals surface area (Å²) in [7, 11) is 1.71. The topological polar surface area (TPSA) is 67.2 Å². The quantitative estimate of drug-likeness (QED) is 0.649. The van der Waals surface area contributed by atoms with Crippen molar-refractivity contribution >= 4 is 34.4 Å². The molecule has 20 heavy (non-hydrogen) atoms. The van der Waals surface area contributed by atoms with Gasteiger partial charge in [0.15, 0.2) is 0 Å². The molecule has 0 bridgehead atoms. The van der Waals surface area contributed by atoms with E-state index in [1.807, 2.05) is 25.1 Å². The average Bonchev–Trinajstić information content (AvgIpc) is 2.41. The van der Waals surface area contributed by atoms with Gasteiger partial charge in [0.1, 0.15) is 0 Å². The standard InChI is InChI=1S/C14H14ClN3O2/c1-9-3-4-14(13(15)5-9)17-11-6-10(16-2)7-12(8-11)18(19)20/h3-8,16-17H,1-2H3. The van der Waals surface area contributed by atoms with Crippen LogP contribution in [-0.4, -0.2) is 12.0 Å². The third-order valence-electron chi connectivity index (χ3n) is 2.82. The molecule has 0 saturated carbocycles. The van der Waals surface area contributed by atoms with E-state index in [0.717, 1.165) is 5.56 Å². The summed E-state index contributed by atoms with van der Waals surface area (Å²) in [6.45, 7) is 1.95. The van der Waals surface area contributed by atoms with Gasteiger partial charge < -0.3 is 10.6 Å². The maximum atomic E-state index is 10.9. The van der Waals surface area contributed by atoms with Crippen LogP contribution in [0.4, 0.5) is 22.7 Å². The number of benzene rings is 2. The number of hydrogen-bond acceptors (Lipinski definition) is 4. The van der Waals surface area contributed by atoms with E-state index >= 15 is 0 Å². The van der Waals surface area contributed by atoms with Gasteiger partial charge in [-0.25, -0.2) is 0 Å². The summed E-state index contributed by atoms with van der Waals surface area (Å²) >= 11 is 6.14. The average molecular weight is 292 g/mol. The highest BCUT2D eigenvalue weighted by atomic mass is 35.5. The minimum Gasteiger partial charge on any atom is -0.388 e. The molecular formula is C14H14ClN3O2. The van der Waals surface area contributed by atoms with Crippen molar-refractivity contribution in [2.75, 3.05) is 17.7 Å². The van der Waals surface area contributed by atoms with Gasteiger partial charge in [0.25, 0.3) is 5.69 Å². The summed E-state index contributed by atoms with van der Waals surface area (Å²) in [6.07, 6.45) is 0. The molecule has 0 aromatic heterocycles. The van der Waals surface area contributed by atoms with E-state index in [1.54, 1.807) is 13.1 Å². The summed E-state index contributed by atoms with van der Waals surface area (Å²) in [5.41, 5.74) is 3.04. The molecule has 2 rings (SSSR count). The van der Waals surface area contributed by atoms with Crippen LogP contribution in [0.25, 0.3) is 0 Å². The highest BCUT2D eigenvalue weighted by Crippen LogP contribution is 2.30. The fraction of sp³-hybridized carbons (Fsp3) is 0.143. The smallest absolute Gasteiger partial charge is 0.273 e. The Bertz CT molecular complexity index is 659. The molecule has 0 radical (unpaired) electrons. The van der Waals surface area contributed by atoms with Crippen LogP contribution in [0, 0.1) is 17.0 Å². The predicted octanol–water partition coefficient (Wildman–Crippen LogP) is 4.34. The molecule has 0 amide bonds. The Balaban J connectivity index is 2.37. The Morgan fingerprint density at radius 3 is 2.45 bits per heavy atom. The number of anilines is 3. The number of nitro benzene ring substituents is 1. The second-order valence-corrected chi connectivity index (χ2v) is 4.79. The van der Waals surface area contributed by atoms with Crippen LogP contribution in [0.3, 0.4) is 0 Å². The van der Waals surface area contributed by atoms with Crippen LogP contribution < -0.4 is 10.6 Å². The van der Waals surface area contributed by atoms with E-state index in [2.05, 4.69) is 10.6 Å². The molecule has 2 N–H and O–H groups in total. The minimum absolute atomic E-state index is 0.0163. The number of non-ortho nitro benzene ring substituents is 1. The van der Waals surface area contributed by atoms with Crippen LogP contribution >= 0.6 is 11.6 Å². The molecule has 0 heterocycles. The van der Waals surface area contributed by atoms with Gasteiger partial charge in [-0.15, -0.1) is 0 Å². The summed E-state index contributed by atoms with van der Waals surface area (Å²) in [4.78, 5) is 10.5. The number of hydrogen-bond donors (Lipinski definition) is 2. The lowest BCUT2D eigenvalue weighted by atomic mass is 10.2. The molecule has 0 aliphatic carbocycles. The third-order valence-corrected chi connectivity index (χ3v) is 3.13. The maximum absolute atomic E-state index is 10.9. The van der Waals surface area contributed by atoms with E-state index in [9.17, 15) is 10.1 Å². The molecule has 0 aliphatic heterocycles. The van der Waals surface area contributed by atoms with Crippen molar-refractivity contribution in [2.24, 2.45) is 0 Å². The summed E-state index contributed by atoms with van der Waals surface area (Å²) in [5, 5.41) is 17.5. The van der Waals surface area contributed by atoms with E-state index in [-0.39, 0.29) is 5.69 Å². The van der Waals surface area contributed by atoms with Crippen LogP contribution in [0.1, 0.15) is 5.56 Å². The molecule has 6 heteroatoms. The molecule has 0 fully saturated rings. The Morgan fingerprint density at radius 2 is 1.85 bits per heavy atom. The number of aryl methyl sites for hydroxylation is 1. The molecular weight excluding hydrogens is 278 g/mol. The Labute approximate surface area is 121 Å². The lowest BCUT2D eigenvalue weighted by Gasteiger charge is -2.10. The van der Waals surface area contributed by atoms with E-state index in [0.29, 0.717) is 22.1 Å². The first-order valence-electron chi connectivity index (χ1n) is 6.00. The molecule has 2 aromatic rings. The van der Waals surface area contributed by atoms with Gasteiger partial charge in [0.2, 0.25) is 0 Å². The number of halogens is 1. The highest BCUT2D eigenvalue weighted by molar-refractivity contribution is 6.33. The lowest BCUT2D eigenvalue weighted by molar-refractivity contribution is -0.384. The summed E-state index contributed by atoms with van der Waals surface area (Å²) < 4.78 is 0. The molecule has 0 aliphatic rings. The third kappa shape index (κ3) is 3.19. The maximum Gasteiger partial charge on any atom is 0.273 e. The Hall–Kier alpha value is -2.27. The number of rotatable bonds is 4. The Kier molecular flexibility index (Phi) is 4.10. The largest absolute Gasteiger partial charge is 0.388 e. The number of nitrogens with one attached hydrogen (secondary N) is 2. The fourth-order valence-electron chi connectivity index (χ4n) is 1.81. The van der Waals surface area contributed by atoms with Crippen molar-refractivity contribution in [1.82, 2.24) is 0 Å². The van der Waals surface area contributed by atoms with Crippen molar-refractivity contribution in [1.29, 1.82) is 0 Å². The van der Waals surface area contributed by atoms with Crippen molar-refractivity contribution in [3.8, 4) is 0 Å². The summed E-state index contributed by atoms with van der Waals surface area (Å²) in [5.74, 6) is 0. The molecule has 5 nitrogen and oxygen atoms in total. The number of nitro groups is 1. The van der Waals surface area contributed by atoms with Gasteiger partial charge in [-0.3, -0.25) is 10.1 Å². The van der Waals surface area contributed by atoms with Crippen LogP contribution in [0.2, 0.25) is 5.02 Å². The molecule has 2 aromatic carbocycles. The SMILES string of the molecule is CNc1cc(Nc2ccc(C)cc2Cl)cc([N+](=O)[O-])c1. The van der Waals surface area contributed by atoms with Crippen LogP contribution in [0.15, 0.2) is 36.4 Å². The van der Waals surface area contributed by atoms with E-state index in [4.69, 9.17) is 11.6 Å².